The highest BCUT2D eigenvalue weighted by atomic mass is 16.3. The van der Waals surface area contributed by atoms with Crippen LogP contribution in [0.25, 0.3) is 22.2 Å². The van der Waals surface area contributed by atoms with Crippen LogP contribution in [0.2, 0.25) is 0 Å². The van der Waals surface area contributed by atoms with Crippen LogP contribution in [-0.4, -0.2) is 63.0 Å². The fourth-order valence-electron chi connectivity index (χ4n) is 4.60. The molecule has 39 heavy (non-hydrogen) atoms. The van der Waals surface area contributed by atoms with Crippen molar-refractivity contribution in [2.24, 2.45) is 0 Å². The third-order valence-electron chi connectivity index (χ3n) is 6.70. The zero-order valence-electron chi connectivity index (χ0n) is 21.6. The molecule has 0 atom stereocenters. The normalized spacial score (nSPS) is 13.3. The van der Waals surface area contributed by atoms with Crippen molar-refractivity contribution in [3.8, 4) is 11.3 Å². The topological polar surface area (TPSA) is 124 Å². The van der Waals surface area contributed by atoms with Crippen LogP contribution in [0.15, 0.2) is 73.6 Å². The van der Waals surface area contributed by atoms with E-state index in [9.17, 15) is 14.7 Å². The summed E-state index contributed by atoms with van der Waals surface area (Å²) < 4.78 is 0. The third-order valence-corrected chi connectivity index (χ3v) is 6.70. The highest BCUT2D eigenvalue weighted by Crippen LogP contribution is 2.30. The van der Waals surface area contributed by atoms with E-state index < -0.39 is 0 Å². The van der Waals surface area contributed by atoms with Gasteiger partial charge >= 0.3 is 0 Å². The fourth-order valence-corrected chi connectivity index (χ4v) is 4.60. The number of nitrogens with one attached hydrogen (secondary N) is 2. The lowest BCUT2D eigenvalue weighted by Crippen LogP contribution is -2.48. The number of amides is 2. The van der Waals surface area contributed by atoms with E-state index in [1.807, 2.05) is 41.3 Å². The number of pyridine rings is 1. The van der Waals surface area contributed by atoms with E-state index in [1.54, 1.807) is 31.5 Å². The first-order chi connectivity index (χ1) is 18.9. The number of aliphatic hydroxyl groups is 1. The highest BCUT2D eigenvalue weighted by Gasteiger charge is 2.20. The Morgan fingerprint density at radius 2 is 1.90 bits per heavy atom. The molecule has 3 N–H and O–H groups in total. The minimum atomic E-state index is -0.303. The van der Waals surface area contributed by atoms with Gasteiger partial charge in [0.2, 0.25) is 17.8 Å². The maximum Gasteiger partial charge on any atom is 0.247 e. The molecule has 5 rings (SSSR count). The predicted octanol–water partition coefficient (Wildman–Crippen LogP) is 3.72. The van der Waals surface area contributed by atoms with Crippen LogP contribution >= 0.6 is 0 Å². The van der Waals surface area contributed by atoms with E-state index in [0.717, 1.165) is 29.7 Å². The number of piperazine rings is 1. The van der Waals surface area contributed by atoms with Gasteiger partial charge < -0.3 is 25.5 Å². The maximum absolute atomic E-state index is 11.7. The standard InChI is InChI=1S/C29H29N7O3/c1-3-27(39)32-22-9-10-30-26(16-22)24-6-4-5-20-17-31-29(34-28(20)24)33-25-8-7-23(15-21(25)18-37)36-13-11-35(12-14-36)19(2)38/h3-10,15-17,37H,1,11-14,18H2,2H3,(H,30,32,39)(H,31,33,34). The zero-order valence-corrected chi connectivity index (χ0v) is 21.6. The van der Waals surface area contributed by atoms with E-state index in [1.165, 1.54) is 6.08 Å². The lowest BCUT2D eigenvalue weighted by Gasteiger charge is -2.36. The van der Waals surface area contributed by atoms with Crippen LogP contribution in [-0.2, 0) is 16.2 Å². The van der Waals surface area contributed by atoms with Gasteiger partial charge in [-0.15, -0.1) is 0 Å². The predicted molar refractivity (Wildman–Crippen MR) is 152 cm³/mol. The molecule has 0 radical (unpaired) electrons. The summed E-state index contributed by atoms with van der Waals surface area (Å²) in [4.78, 5) is 41.2. The van der Waals surface area contributed by atoms with Gasteiger partial charge in [-0.05, 0) is 36.4 Å². The number of para-hydroxylation sites is 1. The number of rotatable bonds is 7. The van der Waals surface area contributed by atoms with Gasteiger partial charge in [0.1, 0.15) is 0 Å². The number of hydrogen-bond acceptors (Lipinski definition) is 8. The Morgan fingerprint density at radius 3 is 2.64 bits per heavy atom. The Morgan fingerprint density at radius 1 is 1.08 bits per heavy atom. The summed E-state index contributed by atoms with van der Waals surface area (Å²) in [5.41, 5.74) is 5.14. The second-order valence-electron chi connectivity index (χ2n) is 9.18. The van der Waals surface area contributed by atoms with Gasteiger partial charge in [0.15, 0.2) is 0 Å². The number of benzene rings is 2. The summed E-state index contributed by atoms with van der Waals surface area (Å²) in [6.07, 6.45) is 4.58. The minimum Gasteiger partial charge on any atom is -0.392 e. The van der Waals surface area contributed by atoms with Crippen molar-refractivity contribution in [1.82, 2.24) is 19.9 Å². The monoisotopic (exact) mass is 523 g/mol. The van der Waals surface area contributed by atoms with Gasteiger partial charge in [0.05, 0.1) is 17.8 Å². The molecule has 1 aliphatic rings. The van der Waals surface area contributed by atoms with Gasteiger partial charge in [-0.2, -0.15) is 0 Å². The molecule has 2 amide bonds. The second kappa shape index (κ2) is 11.3. The Hall–Kier alpha value is -4.83. The molecule has 10 heteroatoms. The number of carbonyl (C=O) groups excluding carboxylic acids is 2. The fraction of sp³-hybridized carbons (Fsp3) is 0.207. The average molecular weight is 524 g/mol. The van der Waals surface area contributed by atoms with E-state index in [0.29, 0.717) is 47.2 Å². The molecule has 0 spiro atoms. The van der Waals surface area contributed by atoms with E-state index in [2.05, 4.69) is 32.1 Å². The second-order valence-corrected chi connectivity index (χ2v) is 9.18. The Labute approximate surface area is 226 Å². The lowest BCUT2D eigenvalue weighted by molar-refractivity contribution is -0.129. The largest absolute Gasteiger partial charge is 0.392 e. The van der Waals surface area contributed by atoms with Crippen LogP contribution in [0, 0.1) is 0 Å². The SMILES string of the molecule is C=CC(=O)Nc1ccnc(-c2cccc3cnc(Nc4ccc(N5CCN(C(C)=O)CC5)cc4CO)nc23)c1. The zero-order chi connectivity index (χ0) is 27.4. The van der Waals surface area contributed by atoms with Crippen molar-refractivity contribution in [3.05, 3.63) is 79.1 Å². The van der Waals surface area contributed by atoms with Crippen LogP contribution in [0.1, 0.15) is 12.5 Å². The van der Waals surface area contributed by atoms with E-state index in [4.69, 9.17) is 4.98 Å². The van der Waals surface area contributed by atoms with Crippen LogP contribution < -0.4 is 15.5 Å². The summed E-state index contributed by atoms with van der Waals surface area (Å²) in [5, 5.41) is 16.9. The Kier molecular flexibility index (Phi) is 7.46. The number of hydrogen-bond donors (Lipinski definition) is 3. The van der Waals surface area contributed by atoms with Gasteiger partial charge in [-0.3, -0.25) is 14.6 Å². The molecule has 1 aliphatic heterocycles. The molecule has 1 saturated heterocycles. The molecular weight excluding hydrogens is 494 g/mol. The van der Waals surface area contributed by atoms with Crippen molar-refractivity contribution in [1.29, 1.82) is 0 Å². The molecule has 2 aromatic heterocycles. The van der Waals surface area contributed by atoms with Crippen molar-refractivity contribution in [2.75, 3.05) is 41.7 Å². The van der Waals surface area contributed by atoms with Gasteiger partial charge in [0.25, 0.3) is 0 Å². The number of carbonyl (C=O) groups is 2. The first-order valence-electron chi connectivity index (χ1n) is 12.6. The summed E-state index contributed by atoms with van der Waals surface area (Å²) in [5.74, 6) is 0.165. The molecule has 2 aromatic carbocycles. The number of fused-ring (bicyclic) bond motifs is 1. The first kappa shape index (κ1) is 25.8. The van der Waals surface area contributed by atoms with Gasteiger partial charge in [-0.25, -0.2) is 9.97 Å². The quantitative estimate of drug-likeness (QED) is 0.313. The van der Waals surface area contributed by atoms with Crippen molar-refractivity contribution in [2.45, 2.75) is 13.5 Å². The number of nitrogens with zero attached hydrogens (tertiary/aromatic N) is 5. The first-order valence-corrected chi connectivity index (χ1v) is 12.6. The molecule has 198 valence electrons. The smallest absolute Gasteiger partial charge is 0.247 e. The van der Waals surface area contributed by atoms with E-state index in [-0.39, 0.29) is 18.4 Å². The minimum absolute atomic E-state index is 0.0896. The average Bonchev–Trinajstić information content (AvgIpc) is 2.97. The summed E-state index contributed by atoms with van der Waals surface area (Å²) in [6, 6.07) is 15.1. The summed E-state index contributed by atoms with van der Waals surface area (Å²) in [7, 11) is 0. The molecule has 4 aromatic rings. The number of anilines is 4. The molecule has 0 saturated carbocycles. The van der Waals surface area contributed by atoms with Crippen LogP contribution in [0.5, 0.6) is 0 Å². The summed E-state index contributed by atoms with van der Waals surface area (Å²) >= 11 is 0. The molecule has 0 unspecified atom stereocenters. The van der Waals surface area contributed by atoms with Crippen molar-refractivity contribution >= 4 is 45.7 Å². The molecule has 3 heterocycles. The lowest BCUT2D eigenvalue weighted by atomic mass is 10.1. The number of aromatic nitrogens is 3. The number of aliphatic hydroxyl groups excluding tert-OH is 1. The summed E-state index contributed by atoms with van der Waals surface area (Å²) in [6.45, 7) is 7.75. The molecule has 10 nitrogen and oxygen atoms in total. The van der Waals surface area contributed by atoms with Crippen molar-refractivity contribution in [3.63, 3.8) is 0 Å². The highest BCUT2D eigenvalue weighted by molar-refractivity contribution is 5.99. The Balaban J connectivity index is 1.41. The third kappa shape index (κ3) is 5.70. The molecule has 1 fully saturated rings. The maximum atomic E-state index is 11.7. The molecular formula is C29H29N7O3. The molecule has 0 aliphatic carbocycles. The Bertz CT molecular complexity index is 1550. The van der Waals surface area contributed by atoms with E-state index >= 15 is 0 Å². The van der Waals surface area contributed by atoms with Crippen LogP contribution in [0.4, 0.5) is 23.0 Å². The van der Waals surface area contributed by atoms with Crippen LogP contribution in [0.3, 0.4) is 0 Å². The van der Waals surface area contributed by atoms with Gasteiger partial charge in [0, 0.05) is 79.1 Å². The molecule has 0 bridgehead atoms. The van der Waals surface area contributed by atoms with Crippen molar-refractivity contribution < 1.29 is 14.7 Å². The van der Waals surface area contributed by atoms with Gasteiger partial charge in [-0.1, -0.05) is 24.8 Å².